The summed E-state index contributed by atoms with van der Waals surface area (Å²) in [5.41, 5.74) is 3.36. The van der Waals surface area contributed by atoms with Gasteiger partial charge in [-0.25, -0.2) is 4.98 Å². The highest BCUT2D eigenvalue weighted by atomic mass is 16.2. The minimum absolute atomic E-state index is 0.0925. The Kier molecular flexibility index (Phi) is 4.33. The van der Waals surface area contributed by atoms with Gasteiger partial charge in [0.05, 0.1) is 17.8 Å². The van der Waals surface area contributed by atoms with Gasteiger partial charge < -0.3 is 15.1 Å². The van der Waals surface area contributed by atoms with Crippen LogP contribution in [0.2, 0.25) is 0 Å². The second-order valence-electron chi connectivity index (χ2n) is 7.07. The van der Waals surface area contributed by atoms with E-state index in [-0.39, 0.29) is 11.8 Å². The Morgan fingerprint density at radius 3 is 2.96 bits per heavy atom. The molecule has 0 unspecified atom stereocenters. The average molecular weight is 342 g/mol. The van der Waals surface area contributed by atoms with Crippen LogP contribution in [0.3, 0.4) is 0 Å². The lowest BCUT2D eigenvalue weighted by Gasteiger charge is -2.42. The number of hydrogen-bond donors (Lipinski definition) is 1. The number of nitrogens with zero attached hydrogens (tertiary/aromatic N) is 5. The van der Waals surface area contributed by atoms with Crippen molar-refractivity contribution in [3.63, 3.8) is 0 Å². The number of carbonyl (C=O) groups is 1. The van der Waals surface area contributed by atoms with Crippen LogP contribution < -0.4 is 10.2 Å². The van der Waals surface area contributed by atoms with Crippen LogP contribution in [0.4, 0.5) is 5.82 Å². The molecule has 2 aromatic rings. The van der Waals surface area contributed by atoms with Gasteiger partial charge in [-0.05, 0) is 19.4 Å². The molecule has 7 heteroatoms. The smallest absolute Gasteiger partial charge is 0.229 e. The van der Waals surface area contributed by atoms with Gasteiger partial charge >= 0.3 is 0 Å². The van der Waals surface area contributed by atoms with E-state index >= 15 is 0 Å². The van der Waals surface area contributed by atoms with Crippen molar-refractivity contribution >= 4 is 17.4 Å². The van der Waals surface area contributed by atoms with Gasteiger partial charge in [0, 0.05) is 51.3 Å². The number of hydrogen-bond acceptors (Lipinski definition) is 5. The lowest BCUT2D eigenvalue weighted by molar-refractivity contribution is -0.135. The topological polar surface area (TPSA) is 65.8 Å². The number of nitrogens with one attached hydrogen (secondary N) is 1. The zero-order valence-electron chi connectivity index (χ0n) is 15.0. The molecule has 0 spiro atoms. The standard InChI is InChI=1S/C18H26N6O/c1-3-10-22(2)18(25)13-11-23(12-13)17-14-4-7-19-8-5-15(14)21-16-6-9-20-24(16)17/h6,9,13,19H,3-5,7-8,10-12H2,1-2H3. The van der Waals surface area contributed by atoms with Gasteiger partial charge in [-0.2, -0.15) is 9.61 Å². The van der Waals surface area contributed by atoms with Gasteiger partial charge in [-0.1, -0.05) is 6.92 Å². The fourth-order valence-electron chi connectivity index (χ4n) is 3.90. The quantitative estimate of drug-likeness (QED) is 0.887. The fourth-order valence-corrected chi connectivity index (χ4v) is 3.90. The highest BCUT2D eigenvalue weighted by molar-refractivity contribution is 5.82. The number of amides is 1. The van der Waals surface area contributed by atoms with Crippen LogP contribution >= 0.6 is 0 Å². The van der Waals surface area contributed by atoms with Crippen LogP contribution in [0.25, 0.3) is 5.65 Å². The zero-order valence-corrected chi connectivity index (χ0v) is 15.0. The summed E-state index contributed by atoms with van der Waals surface area (Å²) in [5.74, 6) is 1.49. The van der Waals surface area contributed by atoms with E-state index < -0.39 is 0 Å². The summed E-state index contributed by atoms with van der Waals surface area (Å²) < 4.78 is 1.95. The maximum Gasteiger partial charge on any atom is 0.229 e. The maximum absolute atomic E-state index is 12.5. The molecular weight excluding hydrogens is 316 g/mol. The first-order valence-electron chi connectivity index (χ1n) is 9.25. The van der Waals surface area contributed by atoms with Gasteiger partial charge in [-0.15, -0.1) is 0 Å². The largest absolute Gasteiger partial charge is 0.354 e. The first kappa shape index (κ1) is 16.3. The van der Waals surface area contributed by atoms with E-state index in [0.717, 1.165) is 63.5 Å². The zero-order chi connectivity index (χ0) is 17.4. The van der Waals surface area contributed by atoms with Crippen molar-refractivity contribution in [1.29, 1.82) is 0 Å². The third-order valence-corrected chi connectivity index (χ3v) is 5.25. The van der Waals surface area contributed by atoms with Crippen molar-refractivity contribution < 1.29 is 4.79 Å². The SMILES string of the molecule is CCCN(C)C(=O)C1CN(c2c3c(nc4ccnn24)CCNCC3)C1. The first-order valence-corrected chi connectivity index (χ1v) is 9.25. The molecule has 2 aromatic heterocycles. The Hall–Kier alpha value is -2.15. The summed E-state index contributed by atoms with van der Waals surface area (Å²) >= 11 is 0. The number of rotatable bonds is 4. The summed E-state index contributed by atoms with van der Waals surface area (Å²) in [4.78, 5) is 21.5. The van der Waals surface area contributed by atoms with E-state index in [4.69, 9.17) is 4.98 Å². The minimum atomic E-state index is 0.0925. The third-order valence-electron chi connectivity index (χ3n) is 5.25. The minimum Gasteiger partial charge on any atom is -0.354 e. The monoisotopic (exact) mass is 342 g/mol. The Bertz CT molecular complexity index is 779. The van der Waals surface area contributed by atoms with Gasteiger partial charge in [0.15, 0.2) is 5.65 Å². The van der Waals surface area contributed by atoms with E-state index in [0.29, 0.717) is 0 Å². The summed E-state index contributed by atoms with van der Waals surface area (Å²) in [6.07, 6.45) is 4.70. The van der Waals surface area contributed by atoms with Gasteiger partial charge in [0.1, 0.15) is 5.82 Å². The van der Waals surface area contributed by atoms with Crippen molar-refractivity contribution in [2.75, 3.05) is 44.7 Å². The van der Waals surface area contributed by atoms with Gasteiger partial charge in [0.2, 0.25) is 5.91 Å². The molecule has 1 amide bonds. The predicted molar refractivity (Wildman–Crippen MR) is 96.9 cm³/mol. The molecule has 0 bridgehead atoms. The van der Waals surface area contributed by atoms with Crippen molar-refractivity contribution in [1.82, 2.24) is 24.8 Å². The first-order chi connectivity index (χ1) is 12.2. The molecule has 1 N–H and O–H groups in total. The molecule has 25 heavy (non-hydrogen) atoms. The van der Waals surface area contributed by atoms with E-state index in [1.165, 1.54) is 11.3 Å². The summed E-state index contributed by atoms with van der Waals surface area (Å²) in [6, 6.07) is 1.96. The number of aromatic nitrogens is 3. The number of carbonyl (C=O) groups excluding carboxylic acids is 1. The highest BCUT2D eigenvalue weighted by Crippen LogP contribution is 2.31. The highest BCUT2D eigenvalue weighted by Gasteiger charge is 2.37. The van der Waals surface area contributed by atoms with E-state index in [1.807, 2.05) is 22.5 Å². The van der Waals surface area contributed by atoms with Gasteiger partial charge in [0.25, 0.3) is 0 Å². The molecule has 0 aromatic carbocycles. The summed E-state index contributed by atoms with van der Waals surface area (Å²) in [5, 5.41) is 7.94. The molecule has 0 saturated carbocycles. The Balaban J connectivity index is 1.61. The normalized spacial score (nSPS) is 17.9. The van der Waals surface area contributed by atoms with Crippen LogP contribution in [0.15, 0.2) is 12.3 Å². The number of anilines is 1. The van der Waals surface area contributed by atoms with E-state index in [1.54, 1.807) is 6.20 Å². The lowest BCUT2D eigenvalue weighted by Crippen LogP contribution is -2.55. The van der Waals surface area contributed by atoms with Crippen molar-refractivity contribution in [3.05, 3.63) is 23.5 Å². The second kappa shape index (κ2) is 6.63. The molecule has 4 rings (SSSR count). The lowest BCUT2D eigenvalue weighted by atomic mass is 9.96. The van der Waals surface area contributed by atoms with Crippen molar-refractivity contribution in [2.45, 2.75) is 26.2 Å². The van der Waals surface area contributed by atoms with E-state index in [9.17, 15) is 4.79 Å². The van der Waals surface area contributed by atoms with Crippen LogP contribution in [-0.2, 0) is 17.6 Å². The van der Waals surface area contributed by atoms with Crippen LogP contribution in [0.1, 0.15) is 24.6 Å². The third kappa shape index (κ3) is 2.86. The summed E-state index contributed by atoms with van der Waals surface area (Å²) in [7, 11) is 1.91. The Morgan fingerprint density at radius 2 is 2.16 bits per heavy atom. The Morgan fingerprint density at radius 1 is 1.36 bits per heavy atom. The molecule has 7 nitrogen and oxygen atoms in total. The molecular formula is C18H26N6O. The second-order valence-corrected chi connectivity index (χ2v) is 7.07. The summed E-state index contributed by atoms with van der Waals surface area (Å²) in [6.45, 7) is 6.40. The molecule has 1 fully saturated rings. The van der Waals surface area contributed by atoms with Gasteiger partial charge in [-0.3, -0.25) is 4.79 Å². The molecule has 4 heterocycles. The average Bonchev–Trinajstić information content (AvgIpc) is 2.90. The fraction of sp³-hybridized carbons (Fsp3) is 0.611. The molecule has 2 aliphatic rings. The number of fused-ring (bicyclic) bond motifs is 2. The molecule has 1 saturated heterocycles. The molecule has 0 aliphatic carbocycles. The molecule has 0 atom stereocenters. The van der Waals surface area contributed by atoms with Crippen LogP contribution in [0, 0.1) is 5.92 Å². The molecule has 2 aliphatic heterocycles. The van der Waals surface area contributed by atoms with Crippen LogP contribution in [0.5, 0.6) is 0 Å². The molecule has 134 valence electrons. The van der Waals surface area contributed by atoms with Crippen LogP contribution in [-0.4, -0.2) is 65.2 Å². The van der Waals surface area contributed by atoms with Crippen molar-refractivity contribution in [3.8, 4) is 0 Å². The predicted octanol–water partition coefficient (Wildman–Crippen LogP) is 0.722. The van der Waals surface area contributed by atoms with E-state index in [2.05, 4.69) is 22.2 Å². The molecule has 0 radical (unpaired) electrons. The Labute approximate surface area is 148 Å². The van der Waals surface area contributed by atoms with Crippen molar-refractivity contribution in [2.24, 2.45) is 5.92 Å². The maximum atomic E-state index is 12.5.